The SMILES string of the molecule is CC1COCC(/C=C/c2cccc(OC(F)F)c2)N1. The Kier molecular flexibility index (Phi) is 4.87. The van der Waals surface area contributed by atoms with Crippen LogP contribution >= 0.6 is 0 Å². The summed E-state index contributed by atoms with van der Waals surface area (Å²) in [7, 11) is 0. The lowest BCUT2D eigenvalue weighted by Crippen LogP contribution is -2.46. The van der Waals surface area contributed by atoms with Gasteiger partial charge in [0.15, 0.2) is 0 Å². The average Bonchev–Trinajstić information content (AvgIpc) is 2.36. The van der Waals surface area contributed by atoms with Crippen LogP contribution in [-0.2, 0) is 4.74 Å². The highest BCUT2D eigenvalue weighted by molar-refractivity contribution is 5.52. The van der Waals surface area contributed by atoms with E-state index < -0.39 is 6.61 Å². The quantitative estimate of drug-likeness (QED) is 0.911. The third kappa shape index (κ3) is 4.61. The summed E-state index contributed by atoms with van der Waals surface area (Å²) in [5.74, 6) is 0.165. The Labute approximate surface area is 111 Å². The summed E-state index contributed by atoms with van der Waals surface area (Å²) >= 11 is 0. The molecular formula is C14H17F2NO2. The highest BCUT2D eigenvalue weighted by atomic mass is 19.3. The van der Waals surface area contributed by atoms with Crippen molar-refractivity contribution in [3.8, 4) is 5.75 Å². The van der Waals surface area contributed by atoms with Crippen LogP contribution < -0.4 is 10.1 Å². The van der Waals surface area contributed by atoms with Crippen molar-refractivity contribution in [3.05, 3.63) is 35.9 Å². The molecule has 5 heteroatoms. The van der Waals surface area contributed by atoms with Gasteiger partial charge in [0.25, 0.3) is 0 Å². The maximum atomic E-state index is 12.1. The number of hydrogen-bond donors (Lipinski definition) is 1. The molecule has 1 aliphatic heterocycles. The third-order valence-electron chi connectivity index (χ3n) is 2.77. The van der Waals surface area contributed by atoms with Crippen LogP contribution in [0.5, 0.6) is 5.75 Å². The van der Waals surface area contributed by atoms with Crippen LogP contribution in [0.15, 0.2) is 30.3 Å². The molecule has 1 heterocycles. The maximum Gasteiger partial charge on any atom is 0.387 e. The number of alkyl halides is 2. The fraction of sp³-hybridized carbons (Fsp3) is 0.429. The largest absolute Gasteiger partial charge is 0.435 e. The normalized spacial score (nSPS) is 24.0. The first-order valence-electron chi connectivity index (χ1n) is 6.20. The van der Waals surface area contributed by atoms with Crippen LogP contribution in [0.25, 0.3) is 6.08 Å². The predicted octanol–water partition coefficient (Wildman–Crippen LogP) is 2.68. The third-order valence-corrected chi connectivity index (χ3v) is 2.77. The minimum Gasteiger partial charge on any atom is -0.435 e. The summed E-state index contributed by atoms with van der Waals surface area (Å²) < 4.78 is 34.0. The van der Waals surface area contributed by atoms with Crippen LogP contribution in [0.3, 0.4) is 0 Å². The zero-order chi connectivity index (χ0) is 13.7. The zero-order valence-corrected chi connectivity index (χ0v) is 10.7. The summed E-state index contributed by atoms with van der Waals surface area (Å²) in [5, 5.41) is 3.37. The van der Waals surface area contributed by atoms with Crippen LogP contribution in [0.2, 0.25) is 0 Å². The van der Waals surface area contributed by atoms with Gasteiger partial charge in [0.05, 0.1) is 13.2 Å². The highest BCUT2D eigenvalue weighted by Crippen LogP contribution is 2.17. The Morgan fingerprint density at radius 1 is 1.42 bits per heavy atom. The molecule has 1 aromatic carbocycles. The second-order valence-corrected chi connectivity index (χ2v) is 4.52. The van der Waals surface area contributed by atoms with E-state index in [2.05, 4.69) is 17.0 Å². The molecule has 0 aliphatic carbocycles. The molecule has 0 amide bonds. The van der Waals surface area contributed by atoms with E-state index in [0.717, 1.165) is 5.56 Å². The molecule has 1 saturated heterocycles. The van der Waals surface area contributed by atoms with Gasteiger partial charge in [-0.25, -0.2) is 0 Å². The summed E-state index contributed by atoms with van der Waals surface area (Å²) in [6.07, 6.45) is 3.84. The van der Waals surface area contributed by atoms with E-state index in [0.29, 0.717) is 19.3 Å². The summed E-state index contributed by atoms with van der Waals surface area (Å²) in [6, 6.07) is 7.07. The van der Waals surface area contributed by atoms with Crippen LogP contribution in [0, 0.1) is 0 Å². The Bertz CT molecular complexity index is 437. The van der Waals surface area contributed by atoms with Gasteiger partial charge >= 0.3 is 6.61 Å². The Morgan fingerprint density at radius 3 is 3.00 bits per heavy atom. The van der Waals surface area contributed by atoms with Crippen molar-refractivity contribution in [2.24, 2.45) is 0 Å². The lowest BCUT2D eigenvalue weighted by Gasteiger charge is -2.26. The number of nitrogens with one attached hydrogen (secondary N) is 1. The van der Waals surface area contributed by atoms with Gasteiger partial charge in [-0.1, -0.05) is 24.3 Å². The second-order valence-electron chi connectivity index (χ2n) is 4.52. The lowest BCUT2D eigenvalue weighted by molar-refractivity contribution is -0.0498. The minimum absolute atomic E-state index is 0.142. The highest BCUT2D eigenvalue weighted by Gasteiger charge is 2.15. The summed E-state index contributed by atoms with van der Waals surface area (Å²) in [4.78, 5) is 0. The van der Waals surface area contributed by atoms with Crippen molar-refractivity contribution in [2.45, 2.75) is 25.6 Å². The number of benzene rings is 1. The molecule has 1 aliphatic rings. The monoisotopic (exact) mass is 269 g/mol. The fourth-order valence-electron chi connectivity index (χ4n) is 1.97. The molecule has 104 valence electrons. The van der Waals surface area contributed by atoms with Crippen molar-refractivity contribution in [3.63, 3.8) is 0 Å². The van der Waals surface area contributed by atoms with Crippen LogP contribution in [-0.4, -0.2) is 31.9 Å². The van der Waals surface area contributed by atoms with E-state index in [9.17, 15) is 8.78 Å². The number of ether oxygens (including phenoxy) is 2. The van der Waals surface area contributed by atoms with Gasteiger partial charge in [-0.15, -0.1) is 0 Å². The molecule has 2 unspecified atom stereocenters. The molecule has 3 nitrogen and oxygen atoms in total. The van der Waals surface area contributed by atoms with Gasteiger partial charge < -0.3 is 14.8 Å². The van der Waals surface area contributed by atoms with Crippen molar-refractivity contribution in [1.29, 1.82) is 0 Å². The molecule has 2 rings (SSSR count). The standard InChI is InChI=1S/C14H17F2NO2/c1-10-8-18-9-12(17-10)6-5-11-3-2-4-13(7-11)19-14(15)16/h2-7,10,12,14,17H,8-9H2,1H3/b6-5+. The average molecular weight is 269 g/mol. The molecule has 1 aromatic rings. The molecule has 0 saturated carbocycles. The number of rotatable bonds is 4. The topological polar surface area (TPSA) is 30.5 Å². The Hall–Kier alpha value is -1.46. The first-order valence-corrected chi connectivity index (χ1v) is 6.20. The first kappa shape index (κ1) is 14.0. The second kappa shape index (κ2) is 6.63. The van der Waals surface area contributed by atoms with Gasteiger partial charge in [0.1, 0.15) is 5.75 Å². The maximum absolute atomic E-state index is 12.1. The number of hydrogen-bond acceptors (Lipinski definition) is 3. The lowest BCUT2D eigenvalue weighted by atomic mass is 10.1. The van der Waals surface area contributed by atoms with Crippen molar-refractivity contribution < 1.29 is 18.3 Å². The van der Waals surface area contributed by atoms with Gasteiger partial charge in [-0.3, -0.25) is 0 Å². The molecule has 0 bridgehead atoms. The molecule has 0 radical (unpaired) electrons. The smallest absolute Gasteiger partial charge is 0.387 e. The van der Waals surface area contributed by atoms with E-state index in [1.807, 2.05) is 18.2 Å². The van der Waals surface area contributed by atoms with Crippen molar-refractivity contribution in [1.82, 2.24) is 5.32 Å². The summed E-state index contributed by atoms with van der Waals surface area (Å²) in [5.41, 5.74) is 0.818. The van der Waals surface area contributed by atoms with Crippen LogP contribution in [0.1, 0.15) is 12.5 Å². The first-order chi connectivity index (χ1) is 9.13. The van der Waals surface area contributed by atoms with E-state index in [1.165, 1.54) is 6.07 Å². The van der Waals surface area contributed by atoms with E-state index in [1.54, 1.807) is 12.1 Å². The van der Waals surface area contributed by atoms with Gasteiger partial charge in [-0.05, 0) is 24.6 Å². The Morgan fingerprint density at radius 2 is 2.26 bits per heavy atom. The molecule has 1 N–H and O–H groups in total. The van der Waals surface area contributed by atoms with E-state index in [-0.39, 0.29) is 11.8 Å². The van der Waals surface area contributed by atoms with Gasteiger partial charge in [-0.2, -0.15) is 8.78 Å². The predicted molar refractivity (Wildman–Crippen MR) is 69.3 cm³/mol. The zero-order valence-electron chi connectivity index (χ0n) is 10.7. The molecule has 2 atom stereocenters. The van der Waals surface area contributed by atoms with Gasteiger partial charge in [0, 0.05) is 12.1 Å². The van der Waals surface area contributed by atoms with Gasteiger partial charge in [0.2, 0.25) is 0 Å². The molecule has 1 fully saturated rings. The molecule has 0 aromatic heterocycles. The van der Waals surface area contributed by atoms with Crippen LogP contribution in [0.4, 0.5) is 8.78 Å². The van der Waals surface area contributed by atoms with E-state index >= 15 is 0 Å². The summed E-state index contributed by atoms with van der Waals surface area (Å²) in [6.45, 7) is 0.584. The fourth-order valence-corrected chi connectivity index (χ4v) is 1.97. The molecule has 0 spiro atoms. The minimum atomic E-state index is -2.80. The molecular weight excluding hydrogens is 252 g/mol. The van der Waals surface area contributed by atoms with Crippen molar-refractivity contribution >= 4 is 6.08 Å². The number of halogens is 2. The van der Waals surface area contributed by atoms with E-state index in [4.69, 9.17) is 4.74 Å². The Balaban J connectivity index is 1.98. The number of morpholine rings is 1. The molecule has 19 heavy (non-hydrogen) atoms. The van der Waals surface area contributed by atoms with Crippen molar-refractivity contribution in [2.75, 3.05) is 13.2 Å².